The minimum Gasteiger partial charge on any atom is -0.463 e. The molecular formula is C55H81N5O14. The number of hydrogen-bond acceptors (Lipinski definition) is 17. The highest BCUT2D eigenvalue weighted by molar-refractivity contribution is 5.83. The Kier molecular flexibility index (Phi) is 27.4. The molecule has 3 N–H and O–H groups in total. The van der Waals surface area contributed by atoms with Gasteiger partial charge in [0.25, 0.3) is 0 Å². The molecule has 0 saturated carbocycles. The van der Waals surface area contributed by atoms with Crippen molar-refractivity contribution >= 4 is 23.8 Å². The number of esters is 2. The number of fused-ring (bicyclic) bond motifs is 1. The molecule has 2 heterocycles. The monoisotopic (exact) mass is 1040 g/mol. The number of pyridine rings is 1. The standard InChI is InChI=1S/C55H81N5O14/c1-55(2,3)58-54(65)48-41-59(39-43-13-10-18-56-38-43)19-20-60(48)40-46(61)36-45(35-42-11-6-5-7-12-42)53(64)57-52-47-15-9-8-14-44(47)37-49(52)74-51(63)17-16-50(62)73-34-33-72-32-31-71-30-29-70-28-27-69-26-25-68-24-23-67-22-21-66-4/h5-15,18,38,45-46,48-49,52,61H,16-17,19-37,39-41H2,1-4H3,(H,57,64)(H,58,65)/t45-,46-,48-,49+,52-/m0/s1. The average molecular weight is 1040 g/mol. The number of nitrogens with zero attached hydrogens (tertiary/aromatic N) is 3. The Morgan fingerprint density at radius 3 is 1.91 bits per heavy atom. The van der Waals surface area contributed by atoms with Crippen molar-refractivity contribution in [2.75, 3.05) is 126 Å². The number of aromatic nitrogens is 1. The number of carbonyl (C=O) groups is 4. The summed E-state index contributed by atoms with van der Waals surface area (Å²) in [6.45, 7) is 14.0. The van der Waals surface area contributed by atoms with Gasteiger partial charge in [-0.05, 0) is 61.9 Å². The number of β-amino-alcohol motifs (C(OH)–C–C–N with tert-alkyl or cyclic N) is 1. The van der Waals surface area contributed by atoms with Gasteiger partial charge >= 0.3 is 11.9 Å². The lowest BCUT2D eigenvalue weighted by atomic mass is 9.91. The number of rotatable bonds is 36. The number of benzene rings is 2. The smallest absolute Gasteiger partial charge is 0.306 e. The Morgan fingerprint density at radius 1 is 0.716 bits per heavy atom. The summed E-state index contributed by atoms with van der Waals surface area (Å²) in [5.74, 6) is -2.22. The number of hydrogen-bond donors (Lipinski definition) is 3. The quantitative estimate of drug-likeness (QED) is 0.0562. The van der Waals surface area contributed by atoms with Gasteiger partial charge in [0.05, 0.1) is 111 Å². The lowest BCUT2D eigenvalue weighted by Gasteiger charge is -2.42. The Hall–Kier alpha value is -4.93. The highest BCUT2D eigenvalue weighted by Gasteiger charge is 2.39. The second-order valence-electron chi connectivity index (χ2n) is 19.4. The van der Waals surface area contributed by atoms with Gasteiger partial charge in [-0.1, -0.05) is 60.7 Å². The number of piperazine rings is 1. The molecule has 3 aromatic rings. The zero-order chi connectivity index (χ0) is 52.8. The Balaban J connectivity index is 1.02. The summed E-state index contributed by atoms with van der Waals surface area (Å²) >= 11 is 0. The maximum atomic E-state index is 14.5. The summed E-state index contributed by atoms with van der Waals surface area (Å²) in [4.78, 5) is 62.6. The molecule has 2 amide bonds. The van der Waals surface area contributed by atoms with E-state index >= 15 is 0 Å². The zero-order valence-electron chi connectivity index (χ0n) is 44.0. The summed E-state index contributed by atoms with van der Waals surface area (Å²) in [7, 11) is 1.63. The molecule has 1 aliphatic carbocycles. The fraction of sp³-hybridized carbons (Fsp3) is 0.618. The maximum absolute atomic E-state index is 14.5. The van der Waals surface area contributed by atoms with Crippen LogP contribution in [0.15, 0.2) is 79.1 Å². The number of aliphatic hydroxyl groups excluding tert-OH is 1. The van der Waals surface area contributed by atoms with Crippen molar-refractivity contribution in [3.8, 4) is 0 Å². The van der Waals surface area contributed by atoms with Crippen LogP contribution in [-0.2, 0) is 81.2 Å². The third-order valence-electron chi connectivity index (χ3n) is 12.3. The van der Waals surface area contributed by atoms with E-state index in [0.717, 1.165) is 22.3 Å². The fourth-order valence-corrected chi connectivity index (χ4v) is 8.72. The third kappa shape index (κ3) is 23.3. The maximum Gasteiger partial charge on any atom is 0.306 e. The molecule has 2 aromatic carbocycles. The van der Waals surface area contributed by atoms with Crippen LogP contribution >= 0.6 is 0 Å². The van der Waals surface area contributed by atoms with Crippen LogP contribution in [0, 0.1) is 5.92 Å². The molecule has 0 unspecified atom stereocenters. The van der Waals surface area contributed by atoms with Crippen molar-refractivity contribution in [2.24, 2.45) is 5.92 Å². The number of ether oxygens (including phenoxy) is 9. The van der Waals surface area contributed by atoms with E-state index in [1.54, 1.807) is 13.3 Å². The number of carbonyl (C=O) groups excluding carboxylic acids is 4. The number of methoxy groups -OCH3 is 1. The van der Waals surface area contributed by atoms with Gasteiger partial charge in [0, 0.05) is 70.1 Å². The van der Waals surface area contributed by atoms with Crippen molar-refractivity contribution in [2.45, 2.75) is 89.3 Å². The molecule has 1 aliphatic heterocycles. The van der Waals surface area contributed by atoms with Crippen LogP contribution in [0.2, 0.25) is 0 Å². The van der Waals surface area contributed by atoms with Crippen molar-refractivity contribution in [3.63, 3.8) is 0 Å². The molecule has 74 heavy (non-hydrogen) atoms. The van der Waals surface area contributed by atoms with Gasteiger partial charge in [-0.15, -0.1) is 0 Å². The molecule has 1 fully saturated rings. The van der Waals surface area contributed by atoms with E-state index in [-0.39, 0.29) is 50.8 Å². The molecule has 0 spiro atoms. The lowest BCUT2D eigenvalue weighted by Crippen LogP contribution is -2.61. The van der Waals surface area contributed by atoms with E-state index in [2.05, 4.69) is 20.5 Å². The molecule has 0 bridgehead atoms. The predicted molar refractivity (Wildman–Crippen MR) is 275 cm³/mol. The summed E-state index contributed by atoms with van der Waals surface area (Å²) in [6, 6.07) is 20.0. The zero-order valence-corrected chi connectivity index (χ0v) is 44.0. The van der Waals surface area contributed by atoms with Crippen LogP contribution in [0.25, 0.3) is 0 Å². The summed E-state index contributed by atoms with van der Waals surface area (Å²) < 4.78 is 48.9. The third-order valence-corrected chi connectivity index (χ3v) is 12.3. The van der Waals surface area contributed by atoms with Crippen LogP contribution in [-0.4, -0.2) is 193 Å². The highest BCUT2D eigenvalue weighted by Crippen LogP contribution is 2.34. The van der Waals surface area contributed by atoms with Gasteiger partial charge in [0.15, 0.2) is 0 Å². The molecule has 19 heteroatoms. The van der Waals surface area contributed by atoms with E-state index in [0.29, 0.717) is 118 Å². The van der Waals surface area contributed by atoms with E-state index < -0.39 is 47.7 Å². The second-order valence-corrected chi connectivity index (χ2v) is 19.4. The highest BCUT2D eigenvalue weighted by atomic mass is 16.6. The Bertz CT molecular complexity index is 2060. The van der Waals surface area contributed by atoms with E-state index in [9.17, 15) is 24.3 Å². The van der Waals surface area contributed by atoms with Crippen molar-refractivity contribution in [1.29, 1.82) is 0 Å². The fourth-order valence-electron chi connectivity index (χ4n) is 8.72. The van der Waals surface area contributed by atoms with E-state index in [4.69, 9.17) is 42.6 Å². The van der Waals surface area contributed by atoms with Gasteiger partial charge in [-0.3, -0.25) is 34.0 Å². The Morgan fingerprint density at radius 2 is 1.30 bits per heavy atom. The first kappa shape index (κ1) is 59.9. The van der Waals surface area contributed by atoms with Gasteiger partial charge in [0.1, 0.15) is 18.8 Å². The molecule has 19 nitrogen and oxygen atoms in total. The van der Waals surface area contributed by atoms with Crippen molar-refractivity contribution in [3.05, 3.63) is 101 Å². The van der Waals surface area contributed by atoms with E-state index in [1.165, 1.54) is 0 Å². The predicted octanol–water partition coefficient (Wildman–Crippen LogP) is 3.49. The normalized spacial score (nSPS) is 17.8. The molecule has 410 valence electrons. The van der Waals surface area contributed by atoms with Crippen LogP contribution < -0.4 is 10.6 Å². The minimum absolute atomic E-state index is 0.0195. The van der Waals surface area contributed by atoms with Crippen molar-refractivity contribution in [1.82, 2.24) is 25.4 Å². The molecular weight excluding hydrogens is 955 g/mol. The van der Waals surface area contributed by atoms with Crippen molar-refractivity contribution < 1.29 is 66.9 Å². The topological polar surface area (TPSA) is 215 Å². The molecule has 5 rings (SSSR count). The largest absolute Gasteiger partial charge is 0.463 e. The molecule has 1 saturated heterocycles. The summed E-state index contributed by atoms with van der Waals surface area (Å²) in [5, 5.41) is 18.1. The molecule has 2 aliphatic rings. The van der Waals surface area contributed by atoms with Crippen LogP contribution in [0.4, 0.5) is 0 Å². The Labute approximate surface area is 437 Å². The molecule has 0 radical (unpaired) electrons. The first-order chi connectivity index (χ1) is 35.9. The number of amides is 2. The summed E-state index contributed by atoms with van der Waals surface area (Å²) in [5.41, 5.74) is 3.30. The van der Waals surface area contributed by atoms with Gasteiger partial charge in [-0.2, -0.15) is 0 Å². The molecule has 5 atom stereocenters. The van der Waals surface area contributed by atoms with Crippen LogP contribution in [0.5, 0.6) is 0 Å². The van der Waals surface area contributed by atoms with Gasteiger partial charge < -0.3 is 58.4 Å². The van der Waals surface area contributed by atoms with Crippen LogP contribution in [0.3, 0.4) is 0 Å². The average Bonchev–Trinajstić information content (AvgIpc) is 3.72. The van der Waals surface area contributed by atoms with Gasteiger partial charge in [-0.25, -0.2) is 0 Å². The first-order valence-electron chi connectivity index (χ1n) is 26.0. The number of nitrogens with one attached hydrogen (secondary N) is 2. The van der Waals surface area contributed by atoms with Crippen LogP contribution in [0.1, 0.15) is 68.3 Å². The minimum atomic E-state index is -0.942. The number of aliphatic hydroxyl groups is 1. The lowest BCUT2D eigenvalue weighted by molar-refractivity contribution is -0.155. The molecule has 1 aromatic heterocycles. The SMILES string of the molecule is COCCOCCOCCOCCOCCOCCOCCOC(=O)CCC(=O)O[C@@H]1Cc2ccccc2[C@@H]1NC(=O)[C@@H](Cc1ccccc1)C[C@H](O)CN1CCN(Cc2cccnc2)C[C@H]1C(=O)NC(C)(C)C. The first-order valence-corrected chi connectivity index (χ1v) is 26.0. The summed E-state index contributed by atoms with van der Waals surface area (Å²) in [6.07, 6.45) is 2.38. The second kappa shape index (κ2) is 33.9. The van der Waals surface area contributed by atoms with Gasteiger partial charge in [0.2, 0.25) is 11.8 Å². The van der Waals surface area contributed by atoms with E-state index in [1.807, 2.05) is 98.6 Å².